The van der Waals surface area contributed by atoms with E-state index in [4.69, 9.17) is 9.47 Å². The van der Waals surface area contributed by atoms with Crippen LogP contribution < -0.4 is 5.32 Å². The molecule has 3 aliphatic rings. The Morgan fingerprint density at radius 1 is 1.07 bits per heavy atom. The van der Waals surface area contributed by atoms with Crippen molar-refractivity contribution in [3.8, 4) is 11.5 Å². The molecule has 5 N–H and O–H groups in total. The minimum absolute atomic E-state index is 0.0214. The lowest BCUT2D eigenvalue weighted by atomic mass is 9.70. The number of rotatable bonds is 5. The zero-order valence-corrected chi connectivity index (χ0v) is 23.8. The van der Waals surface area contributed by atoms with E-state index < -0.39 is 113 Å². The Hall–Kier alpha value is -3.85. The fourth-order valence-corrected chi connectivity index (χ4v) is 6.24. The lowest BCUT2D eigenvalue weighted by Gasteiger charge is -2.43. The van der Waals surface area contributed by atoms with Crippen LogP contribution in [0.1, 0.15) is 82.7 Å². The maximum atomic E-state index is 13.5. The summed E-state index contributed by atoms with van der Waals surface area (Å²) in [6.45, 7) is 4.37. The van der Waals surface area contributed by atoms with Crippen LogP contribution in [-0.2, 0) is 25.5 Å². The second kappa shape index (κ2) is 10.9. The highest BCUT2D eigenvalue weighted by Gasteiger charge is 2.51. The average molecular weight is 622 g/mol. The Morgan fingerprint density at radius 2 is 1.64 bits per heavy atom. The minimum atomic E-state index is -5.24. The van der Waals surface area contributed by atoms with Crippen LogP contribution in [0.15, 0.2) is 24.3 Å². The number of carbonyl (C=O) groups is 4. The van der Waals surface area contributed by atoms with Gasteiger partial charge in [0.15, 0.2) is 23.6 Å². The van der Waals surface area contributed by atoms with Crippen molar-refractivity contribution in [1.82, 2.24) is 5.32 Å². The lowest BCUT2D eigenvalue weighted by Crippen LogP contribution is -2.57. The van der Waals surface area contributed by atoms with E-state index >= 15 is 0 Å². The molecule has 2 aromatic rings. The number of aromatic hydroxyl groups is 2. The zero-order valence-electron chi connectivity index (χ0n) is 23.8. The van der Waals surface area contributed by atoms with Gasteiger partial charge < -0.3 is 35.2 Å². The Balaban J connectivity index is 1.60. The number of phenols is 2. The Bertz CT molecular complexity index is 1570. The van der Waals surface area contributed by atoms with Gasteiger partial charge in [0.25, 0.3) is 0 Å². The predicted octanol–water partition coefficient (Wildman–Crippen LogP) is 2.38. The summed E-state index contributed by atoms with van der Waals surface area (Å²) >= 11 is 0. The summed E-state index contributed by atoms with van der Waals surface area (Å²) in [5, 5.41) is 46.6. The topological polar surface area (TPSA) is 180 Å². The van der Waals surface area contributed by atoms with E-state index in [1.54, 1.807) is 5.32 Å². The van der Waals surface area contributed by atoms with E-state index in [2.05, 4.69) is 0 Å². The van der Waals surface area contributed by atoms with E-state index in [0.717, 1.165) is 0 Å². The largest absolute Gasteiger partial charge is 0.507 e. The van der Waals surface area contributed by atoms with Crippen LogP contribution in [-0.4, -0.2) is 80.0 Å². The molecule has 0 bridgehead atoms. The number of Topliss-reactive ketones (excluding diaryl/α,β-unsaturated/α-hetero) is 1. The number of aliphatic hydroxyl groups excluding tert-OH is 1. The van der Waals surface area contributed by atoms with E-state index in [1.807, 2.05) is 0 Å². The van der Waals surface area contributed by atoms with E-state index in [0.29, 0.717) is 0 Å². The summed E-state index contributed by atoms with van der Waals surface area (Å²) < 4.78 is 50.5. The number of ether oxygens (including phenoxy) is 2. The van der Waals surface area contributed by atoms with Gasteiger partial charge in [0.05, 0.1) is 29.4 Å². The number of carbonyl (C=O) groups excluding carboxylic acids is 4. The first-order valence-corrected chi connectivity index (χ1v) is 13.9. The fourth-order valence-electron chi connectivity index (χ4n) is 6.24. The van der Waals surface area contributed by atoms with Gasteiger partial charge in [0.2, 0.25) is 0 Å². The molecule has 0 saturated carbocycles. The van der Waals surface area contributed by atoms with Crippen molar-refractivity contribution in [2.45, 2.75) is 82.5 Å². The van der Waals surface area contributed by atoms with Gasteiger partial charge in [-0.3, -0.25) is 19.2 Å². The van der Waals surface area contributed by atoms with Gasteiger partial charge in [-0.05, 0) is 6.92 Å². The summed E-state index contributed by atoms with van der Waals surface area (Å²) in [4.78, 5) is 51.7. The van der Waals surface area contributed by atoms with Crippen molar-refractivity contribution in [1.29, 1.82) is 0 Å². The quantitative estimate of drug-likeness (QED) is 0.266. The number of aliphatic hydroxyl groups is 2. The van der Waals surface area contributed by atoms with Crippen LogP contribution in [0, 0.1) is 5.92 Å². The van der Waals surface area contributed by atoms with Crippen molar-refractivity contribution in [3.63, 3.8) is 0 Å². The number of fused-ring (bicyclic) bond motifs is 3. The third kappa shape index (κ3) is 5.15. The summed E-state index contributed by atoms with van der Waals surface area (Å²) in [6.07, 6.45) is -12.5. The molecule has 0 spiro atoms. The molecule has 1 saturated heterocycles. The van der Waals surface area contributed by atoms with Crippen molar-refractivity contribution in [2.24, 2.45) is 5.92 Å². The number of nitrogens with one attached hydrogen (secondary N) is 1. The molecule has 236 valence electrons. The number of ketones is 3. The maximum absolute atomic E-state index is 13.5. The first kappa shape index (κ1) is 31.6. The Morgan fingerprint density at radius 3 is 2.18 bits per heavy atom. The number of alkyl halides is 3. The lowest BCUT2D eigenvalue weighted by molar-refractivity contribution is -0.250. The molecule has 11 nitrogen and oxygen atoms in total. The second-order valence-electron chi connectivity index (χ2n) is 11.7. The molecule has 2 aromatic carbocycles. The average Bonchev–Trinajstić information content (AvgIpc) is 2.95. The van der Waals surface area contributed by atoms with Gasteiger partial charge in [-0.2, -0.15) is 13.2 Å². The Kier molecular flexibility index (Phi) is 7.85. The van der Waals surface area contributed by atoms with Crippen molar-refractivity contribution in [2.75, 3.05) is 0 Å². The zero-order chi connectivity index (χ0) is 32.5. The van der Waals surface area contributed by atoms with Gasteiger partial charge >= 0.3 is 12.1 Å². The molecule has 44 heavy (non-hydrogen) atoms. The molecule has 5 rings (SSSR count). The van der Waals surface area contributed by atoms with E-state index in [9.17, 15) is 52.8 Å². The molecule has 1 fully saturated rings. The molecule has 6 atom stereocenters. The van der Waals surface area contributed by atoms with E-state index in [1.165, 1.54) is 45.0 Å². The molecule has 1 amide bonds. The number of phenolic OH excluding ortho intramolecular Hbond substituents is 2. The number of amides is 1. The number of benzene rings is 2. The summed E-state index contributed by atoms with van der Waals surface area (Å²) in [7, 11) is 0. The van der Waals surface area contributed by atoms with Crippen LogP contribution in [0.3, 0.4) is 0 Å². The van der Waals surface area contributed by atoms with E-state index in [-0.39, 0.29) is 22.3 Å². The Labute approximate surface area is 248 Å². The fraction of sp³-hybridized carbons (Fsp3) is 0.467. The second-order valence-corrected chi connectivity index (χ2v) is 11.7. The van der Waals surface area contributed by atoms with Crippen LogP contribution in [0.5, 0.6) is 11.5 Å². The molecule has 1 aliphatic heterocycles. The van der Waals surface area contributed by atoms with Gasteiger partial charge in [-0.25, -0.2) is 0 Å². The monoisotopic (exact) mass is 621 g/mol. The molecular formula is C30H30F3NO10. The standard InChI is InChI=1S/C30H30F3NO10/c1-11(2)27(40)29(42)9-15-19(26(39)21-20(25(15)38)23(36)13-6-4-5-7-14(13)24(21)37)17(10-29)44-18-8-16(22(35)12(3)43-18)34-28(41)30(31,32)33/h4-7,11-12,16-18,22,35,38-39,42H,8-10H2,1-3H3,(H,34,41)/t12-,16-,17-,18-,22+,29-/m0/s1. The minimum Gasteiger partial charge on any atom is -0.507 e. The first-order chi connectivity index (χ1) is 20.5. The first-order valence-electron chi connectivity index (χ1n) is 13.9. The van der Waals surface area contributed by atoms with Gasteiger partial charge in [-0.1, -0.05) is 38.1 Å². The highest BCUT2D eigenvalue weighted by molar-refractivity contribution is 6.30. The van der Waals surface area contributed by atoms with Crippen molar-refractivity contribution < 1.29 is 62.2 Å². The summed E-state index contributed by atoms with van der Waals surface area (Å²) in [5.41, 5.74) is -3.73. The molecule has 0 radical (unpaired) electrons. The van der Waals surface area contributed by atoms with Crippen molar-refractivity contribution in [3.05, 3.63) is 57.6 Å². The summed E-state index contributed by atoms with van der Waals surface area (Å²) in [5.74, 6) is -6.70. The predicted molar refractivity (Wildman–Crippen MR) is 143 cm³/mol. The summed E-state index contributed by atoms with van der Waals surface area (Å²) in [6, 6.07) is 4.29. The molecule has 1 heterocycles. The van der Waals surface area contributed by atoms with Crippen LogP contribution >= 0.6 is 0 Å². The van der Waals surface area contributed by atoms with Crippen LogP contribution in [0.25, 0.3) is 0 Å². The smallest absolute Gasteiger partial charge is 0.471 e. The van der Waals surface area contributed by atoms with Gasteiger partial charge in [0.1, 0.15) is 23.2 Å². The normalized spacial score (nSPS) is 28.2. The van der Waals surface area contributed by atoms with Crippen LogP contribution in [0.2, 0.25) is 0 Å². The van der Waals surface area contributed by atoms with Gasteiger partial charge in [-0.15, -0.1) is 0 Å². The molecule has 0 unspecified atom stereocenters. The SMILES string of the molecule is CC(C)C(=O)[C@]1(O)Cc2c(O)c3c(c(O)c2[C@@H](O[C@H]2C[C@H](NC(=O)C(F)(F)F)[C@H](O)[C@H](C)O2)C1)C(=O)c1ccccc1C3=O. The maximum Gasteiger partial charge on any atom is 0.471 e. The molecule has 14 heteroatoms. The van der Waals surface area contributed by atoms with Crippen LogP contribution in [0.4, 0.5) is 13.2 Å². The third-order valence-corrected chi connectivity index (χ3v) is 8.35. The number of hydrogen-bond donors (Lipinski definition) is 5. The molecule has 2 aliphatic carbocycles. The van der Waals surface area contributed by atoms with Crippen molar-refractivity contribution >= 4 is 23.3 Å². The van der Waals surface area contributed by atoms with Gasteiger partial charge in [0, 0.05) is 47.4 Å². The molecule has 0 aromatic heterocycles. The highest BCUT2D eigenvalue weighted by Crippen LogP contribution is 2.52. The number of hydrogen-bond acceptors (Lipinski definition) is 10. The third-order valence-electron chi connectivity index (χ3n) is 8.35. The highest BCUT2D eigenvalue weighted by atomic mass is 19.4. The number of halogens is 3. The molecular weight excluding hydrogens is 591 g/mol.